The van der Waals surface area contributed by atoms with Crippen molar-refractivity contribution in [3.63, 3.8) is 0 Å². The molecule has 8 heteroatoms. The standard InChI is InChI=1S/C18H17F3N2O3/c1-11(26-15-9-3-12(4-10-15)17(25)22-2)16(24)23-14-7-5-13(6-8-14)18(19,20)21/h3-11H,1-2H3,(H,22,25)(H,23,24). The van der Waals surface area contributed by atoms with Gasteiger partial charge in [-0.15, -0.1) is 0 Å². The molecule has 0 spiro atoms. The van der Waals surface area contributed by atoms with E-state index in [4.69, 9.17) is 4.74 Å². The smallest absolute Gasteiger partial charge is 0.416 e. The lowest BCUT2D eigenvalue weighted by Gasteiger charge is -2.15. The van der Waals surface area contributed by atoms with Crippen LogP contribution in [0.3, 0.4) is 0 Å². The summed E-state index contributed by atoms with van der Waals surface area (Å²) in [7, 11) is 1.51. The van der Waals surface area contributed by atoms with Crippen molar-refractivity contribution in [1.29, 1.82) is 0 Å². The minimum atomic E-state index is -4.43. The van der Waals surface area contributed by atoms with Crippen LogP contribution in [0.25, 0.3) is 0 Å². The Morgan fingerprint density at radius 1 is 1.00 bits per heavy atom. The van der Waals surface area contributed by atoms with Crippen LogP contribution in [-0.4, -0.2) is 25.0 Å². The molecule has 0 aliphatic heterocycles. The molecule has 26 heavy (non-hydrogen) atoms. The Morgan fingerprint density at radius 3 is 2.08 bits per heavy atom. The summed E-state index contributed by atoms with van der Waals surface area (Å²) in [6.07, 6.45) is -5.32. The molecule has 0 aliphatic rings. The number of ether oxygens (including phenoxy) is 1. The van der Waals surface area contributed by atoms with Gasteiger partial charge in [0, 0.05) is 18.3 Å². The van der Waals surface area contributed by atoms with Gasteiger partial charge in [-0.25, -0.2) is 0 Å². The van der Waals surface area contributed by atoms with Gasteiger partial charge >= 0.3 is 6.18 Å². The van der Waals surface area contributed by atoms with Crippen LogP contribution in [-0.2, 0) is 11.0 Å². The fraction of sp³-hybridized carbons (Fsp3) is 0.222. The van der Waals surface area contributed by atoms with Crippen molar-refractivity contribution in [2.75, 3.05) is 12.4 Å². The second-order valence-corrected chi connectivity index (χ2v) is 5.43. The zero-order valence-electron chi connectivity index (χ0n) is 14.1. The highest BCUT2D eigenvalue weighted by Gasteiger charge is 2.30. The third kappa shape index (κ3) is 4.98. The van der Waals surface area contributed by atoms with Gasteiger partial charge < -0.3 is 15.4 Å². The molecule has 0 heterocycles. The van der Waals surface area contributed by atoms with E-state index in [0.717, 1.165) is 12.1 Å². The van der Waals surface area contributed by atoms with E-state index in [2.05, 4.69) is 10.6 Å². The molecule has 1 atom stereocenters. The number of rotatable bonds is 5. The average molecular weight is 366 g/mol. The maximum Gasteiger partial charge on any atom is 0.416 e. The van der Waals surface area contributed by atoms with Crippen molar-refractivity contribution in [3.8, 4) is 5.75 Å². The summed E-state index contributed by atoms with van der Waals surface area (Å²) in [6, 6.07) is 10.3. The Balaban J connectivity index is 1.96. The van der Waals surface area contributed by atoms with Crippen LogP contribution in [0, 0.1) is 0 Å². The summed E-state index contributed by atoms with van der Waals surface area (Å²) in [4.78, 5) is 23.6. The molecule has 0 saturated heterocycles. The van der Waals surface area contributed by atoms with E-state index in [-0.39, 0.29) is 11.6 Å². The minimum absolute atomic E-state index is 0.230. The highest BCUT2D eigenvalue weighted by molar-refractivity contribution is 5.94. The first-order chi connectivity index (χ1) is 12.2. The Kier molecular flexibility index (Phi) is 5.86. The normalized spacial score (nSPS) is 12.2. The third-order valence-electron chi connectivity index (χ3n) is 3.51. The lowest BCUT2D eigenvalue weighted by Crippen LogP contribution is -2.30. The monoisotopic (exact) mass is 366 g/mol. The summed E-state index contributed by atoms with van der Waals surface area (Å²) in [5.41, 5.74) is -0.119. The predicted molar refractivity (Wildman–Crippen MR) is 90.0 cm³/mol. The molecular formula is C18H17F3N2O3. The highest BCUT2D eigenvalue weighted by atomic mass is 19.4. The lowest BCUT2D eigenvalue weighted by atomic mass is 10.2. The number of hydrogen-bond acceptors (Lipinski definition) is 3. The van der Waals surface area contributed by atoms with E-state index < -0.39 is 23.8 Å². The van der Waals surface area contributed by atoms with Crippen LogP contribution in [0.15, 0.2) is 48.5 Å². The number of nitrogens with one attached hydrogen (secondary N) is 2. The first kappa shape index (κ1) is 19.3. The Bertz CT molecular complexity index is 772. The molecule has 138 valence electrons. The third-order valence-corrected chi connectivity index (χ3v) is 3.51. The Labute approximate surface area is 148 Å². The van der Waals surface area contributed by atoms with Gasteiger partial charge in [0.05, 0.1) is 5.56 Å². The van der Waals surface area contributed by atoms with Crippen LogP contribution in [0.1, 0.15) is 22.8 Å². The van der Waals surface area contributed by atoms with Crippen molar-refractivity contribution in [1.82, 2.24) is 5.32 Å². The van der Waals surface area contributed by atoms with E-state index in [1.165, 1.54) is 26.1 Å². The van der Waals surface area contributed by atoms with E-state index in [0.29, 0.717) is 11.3 Å². The summed E-state index contributed by atoms with van der Waals surface area (Å²) in [6.45, 7) is 1.51. The molecule has 0 radical (unpaired) electrons. The quantitative estimate of drug-likeness (QED) is 0.852. The zero-order valence-corrected chi connectivity index (χ0v) is 14.1. The van der Waals surface area contributed by atoms with Gasteiger partial charge in [0.1, 0.15) is 5.75 Å². The fourth-order valence-corrected chi connectivity index (χ4v) is 2.07. The number of alkyl halides is 3. The zero-order chi connectivity index (χ0) is 19.3. The molecule has 2 amide bonds. The number of anilines is 1. The van der Waals surface area contributed by atoms with Gasteiger partial charge in [-0.05, 0) is 55.5 Å². The second-order valence-electron chi connectivity index (χ2n) is 5.43. The minimum Gasteiger partial charge on any atom is -0.481 e. The van der Waals surface area contributed by atoms with Gasteiger partial charge in [-0.2, -0.15) is 13.2 Å². The fourth-order valence-electron chi connectivity index (χ4n) is 2.07. The summed E-state index contributed by atoms with van der Waals surface area (Å²) >= 11 is 0. The van der Waals surface area contributed by atoms with Crippen LogP contribution in [0.4, 0.5) is 18.9 Å². The van der Waals surface area contributed by atoms with Gasteiger partial charge in [0.25, 0.3) is 11.8 Å². The van der Waals surface area contributed by atoms with E-state index >= 15 is 0 Å². The summed E-state index contributed by atoms with van der Waals surface area (Å²) < 4.78 is 43.0. The van der Waals surface area contributed by atoms with E-state index in [9.17, 15) is 22.8 Å². The Morgan fingerprint density at radius 2 is 1.58 bits per heavy atom. The second kappa shape index (κ2) is 7.90. The first-order valence-electron chi connectivity index (χ1n) is 7.67. The number of carbonyl (C=O) groups excluding carboxylic acids is 2. The number of benzene rings is 2. The van der Waals surface area contributed by atoms with Crippen molar-refractivity contribution in [2.24, 2.45) is 0 Å². The molecule has 0 bridgehead atoms. The molecule has 0 aromatic heterocycles. The maximum atomic E-state index is 12.5. The lowest BCUT2D eigenvalue weighted by molar-refractivity contribution is -0.137. The molecule has 0 aliphatic carbocycles. The van der Waals surface area contributed by atoms with Crippen molar-refractivity contribution >= 4 is 17.5 Å². The molecule has 0 fully saturated rings. The number of halogens is 3. The van der Waals surface area contributed by atoms with E-state index in [1.54, 1.807) is 24.3 Å². The van der Waals surface area contributed by atoms with Gasteiger partial charge in [0.15, 0.2) is 6.10 Å². The molecule has 0 saturated carbocycles. The molecule has 2 rings (SSSR count). The molecular weight excluding hydrogens is 349 g/mol. The van der Waals surface area contributed by atoms with Crippen LogP contribution in [0.2, 0.25) is 0 Å². The van der Waals surface area contributed by atoms with Gasteiger partial charge in [0.2, 0.25) is 0 Å². The SMILES string of the molecule is CNC(=O)c1ccc(OC(C)C(=O)Nc2ccc(C(F)(F)F)cc2)cc1. The van der Waals surface area contributed by atoms with Crippen molar-refractivity contribution < 1.29 is 27.5 Å². The maximum absolute atomic E-state index is 12.5. The van der Waals surface area contributed by atoms with Gasteiger partial charge in [-0.3, -0.25) is 9.59 Å². The predicted octanol–water partition coefficient (Wildman–Crippen LogP) is 3.47. The topological polar surface area (TPSA) is 67.4 Å². The number of carbonyl (C=O) groups is 2. The van der Waals surface area contributed by atoms with Crippen LogP contribution in [0.5, 0.6) is 5.75 Å². The first-order valence-corrected chi connectivity index (χ1v) is 7.67. The molecule has 5 nitrogen and oxygen atoms in total. The highest BCUT2D eigenvalue weighted by Crippen LogP contribution is 2.29. The summed E-state index contributed by atoms with van der Waals surface area (Å²) in [5.74, 6) is -0.377. The van der Waals surface area contributed by atoms with Crippen LogP contribution >= 0.6 is 0 Å². The van der Waals surface area contributed by atoms with Crippen molar-refractivity contribution in [2.45, 2.75) is 19.2 Å². The van der Waals surface area contributed by atoms with Crippen molar-refractivity contribution in [3.05, 3.63) is 59.7 Å². The van der Waals surface area contributed by atoms with E-state index in [1.807, 2.05) is 0 Å². The molecule has 2 aromatic rings. The Hall–Kier alpha value is -3.03. The largest absolute Gasteiger partial charge is 0.481 e. The number of hydrogen-bond donors (Lipinski definition) is 2. The average Bonchev–Trinajstić information content (AvgIpc) is 2.61. The molecule has 2 N–H and O–H groups in total. The number of amides is 2. The summed E-state index contributed by atoms with van der Waals surface area (Å²) in [5, 5.41) is 4.97. The molecule has 1 unspecified atom stereocenters. The van der Waals surface area contributed by atoms with Gasteiger partial charge in [-0.1, -0.05) is 0 Å². The molecule has 2 aromatic carbocycles. The van der Waals surface area contributed by atoms with Crippen LogP contribution < -0.4 is 15.4 Å².